The normalized spacial score (nSPS) is 22.9. The molecule has 0 spiro atoms. The van der Waals surface area contributed by atoms with Crippen LogP contribution in [0.3, 0.4) is 0 Å². The average molecular weight is 408 g/mol. The van der Waals surface area contributed by atoms with Crippen LogP contribution in [0.15, 0.2) is 0 Å². The van der Waals surface area contributed by atoms with Gasteiger partial charge in [0.1, 0.15) is 5.00 Å². The molecule has 2 bridgehead atoms. The van der Waals surface area contributed by atoms with Crippen molar-refractivity contribution < 1.29 is 23.9 Å². The van der Waals surface area contributed by atoms with Gasteiger partial charge < -0.3 is 14.8 Å². The quantitative estimate of drug-likeness (QED) is 0.656. The van der Waals surface area contributed by atoms with Crippen molar-refractivity contribution in [3.8, 4) is 0 Å². The van der Waals surface area contributed by atoms with Gasteiger partial charge in [-0.3, -0.25) is 9.59 Å². The van der Waals surface area contributed by atoms with Crippen molar-refractivity contribution >= 4 is 34.2 Å². The van der Waals surface area contributed by atoms with Crippen molar-refractivity contribution in [3.05, 3.63) is 16.0 Å². The first-order valence-electron chi connectivity index (χ1n) is 10.2. The molecule has 0 radical (unpaired) electrons. The first-order valence-corrected chi connectivity index (χ1v) is 11.0. The summed E-state index contributed by atoms with van der Waals surface area (Å²) < 4.78 is 10.3. The molecule has 2 saturated carbocycles. The molecule has 2 aliphatic carbocycles. The molecule has 28 heavy (non-hydrogen) atoms. The molecule has 0 saturated heterocycles. The Kier molecular flexibility index (Phi) is 6.75. The fraction of sp³-hybridized carbons (Fsp3) is 0.667. The maximum absolute atomic E-state index is 12.3. The third-order valence-electron chi connectivity index (χ3n) is 5.97. The lowest BCUT2D eigenvalue weighted by Gasteiger charge is -2.20. The molecule has 1 heterocycles. The molecule has 3 rings (SSSR count). The van der Waals surface area contributed by atoms with Gasteiger partial charge in [0.05, 0.1) is 12.2 Å². The summed E-state index contributed by atoms with van der Waals surface area (Å²) >= 11 is 1.34. The van der Waals surface area contributed by atoms with E-state index in [4.69, 9.17) is 9.47 Å². The second-order valence-electron chi connectivity index (χ2n) is 7.76. The number of esters is 2. The van der Waals surface area contributed by atoms with Crippen LogP contribution in [0.5, 0.6) is 0 Å². The second kappa shape index (κ2) is 9.07. The van der Waals surface area contributed by atoms with Crippen molar-refractivity contribution in [2.24, 2.45) is 17.8 Å². The summed E-state index contributed by atoms with van der Waals surface area (Å²) in [6, 6.07) is 0. The minimum Gasteiger partial charge on any atom is -0.462 e. The topological polar surface area (TPSA) is 81.7 Å². The zero-order chi connectivity index (χ0) is 20.3. The molecule has 154 valence electrons. The Balaban J connectivity index is 1.54. The molecule has 3 atom stereocenters. The third kappa shape index (κ3) is 4.57. The number of thiophene rings is 1. The highest BCUT2D eigenvalue weighted by Crippen LogP contribution is 2.49. The number of carbonyl (C=O) groups is 3. The predicted molar refractivity (Wildman–Crippen MR) is 108 cm³/mol. The number of ether oxygens (including phenoxy) is 2. The lowest BCUT2D eigenvalue weighted by Crippen LogP contribution is -2.23. The highest BCUT2D eigenvalue weighted by molar-refractivity contribution is 7.16. The van der Waals surface area contributed by atoms with Crippen LogP contribution in [0.25, 0.3) is 0 Å². The molecule has 1 amide bonds. The van der Waals surface area contributed by atoms with Gasteiger partial charge in [-0.2, -0.15) is 0 Å². The molecular formula is C21H29NO5S. The minimum atomic E-state index is -0.438. The lowest BCUT2D eigenvalue weighted by molar-refractivity contribution is -0.148. The largest absolute Gasteiger partial charge is 0.462 e. The van der Waals surface area contributed by atoms with E-state index in [1.165, 1.54) is 30.6 Å². The van der Waals surface area contributed by atoms with Gasteiger partial charge in [-0.1, -0.05) is 13.3 Å². The summed E-state index contributed by atoms with van der Waals surface area (Å²) in [7, 11) is 0. The molecule has 0 unspecified atom stereocenters. The van der Waals surface area contributed by atoms with Crippen molar-refractivity contribution in [1.29, 1.82) is 0 Å². The van der Waals surface area contributed by atoms with Crippen LogP contribution in [0, 0.1) is 24.7 Å². The number of amides is 1. The zero-order valence-electron chi connectivity index (χ0n) is 16.8. The van der Waals surface area contributed by atoms with Gasteiger partial charge in [-0.05, 0) is 62.8 Å². The van der Waals surface area contributed by atoms with E-state index in [0.717, 1.165) is 22.8 Å². The third-order valence-corrected chi connectivity index (χ3v) is 7.04. The van der Waals surface area contributed by atoms with Gasteiger partial charge in [0.25, 0.3) is 5.91 Å². The van der Waals surface area contributed by atoms with Crippen molar-refractivity contribution in [2.75, 3.05) is 18.5 Å². The predicted octanol–water partition coefficient (Wildman–Crippen LogP) is 4.10. The van der Waals surface area contributed by atoms with Crippen LogP contribution in [-0.4, -0.2) is 31.1 Å². The Morgan fingerprint density at radius 3 is 2.54 bits per heavy atom. The highest BCUT2D eigenvalue weighted by atomic mass is 32.1. The molecular weight excluding hydrogens is 378 g/mol. The van der Waals surface area contributed by atoms with E-state index in [-0.39, 0.29) is 19.2 Å². The van der Waals surface area contributed by atoms with E-state index in [1.807, 2.05) is 13.8 Å². The van der Waals surface area contributed by atoms with Gasteiger partial charge in [0.15, 0.2) is 6.61 Å². The van der Waals surface area contributed by atoms with E-state index in [0.29, 0.717) is 35.2 Å². The van der Waals surface area contributed by atoms with Crippen LogP contribution in [-0.2, 0) is 25.5 Å². The number of anilines is 1. The number of carbonyl (C=O) groups excluding carboxylic acids is 3. The monoisotopic (exact) mass is 407 g/mol. The molecule has 2 aliphatic rings. The summed E-state index contributed by atoms with van der Waals surface area (Å²) in [6.45, 7) is 5.56. The summed E-state index contributed by atoms with van der Waals surface area (Å²) in [6.07, 6.45) is 5.94. The maximum Gasteiger partial charge on any atom is 0.341 e. The van der Waals surface area contributed by atoms with Gasteiger partial charge in [-0.15, -0.1) is 11.3 Å². The fourth-order valence-electron chi connectivity index (χ4n) is 4.72. The van der Waals surface area contributed by atoms with Crippen LogP contribution < -0.4 is 5.32 Å². The average Bonchev–Trinajstić information content (AvgIpc) is 3.34. The van der Waals surface area contributed by atoms with Crippen LogP contribution in [0.4, 0.5) is 5.00 Å². The van der Waals surface area contributed by atoms with E-state index < -0.39 is 11.9 Å². The lowest BCUT2D eigenvalue weighted by atomic mass is 9.86. The first-order chi connectivity index (χ1) is 13.4. The van der Waals surface area contributed by atoms with E-state index in [9.17, 15) is 14.4 Å². The van der Waals surface area contributed by atoms with Crippen molar-refractivity contribution in [3.63, 3.8) is 0 Å². The van der Waals surface area contributed by atoms with Gasteiger partial charge in [-0.25, -0.2) is 4.79 Å². The summed E-state index contributed by atoms with van der Waals surface area (Å²) in [5.41, 5.74) is 1.29. The SMILES string of the molecule is CCOC(=O)c1c(NC(=O)COC(=O)C[C@H]2C[C@H]3CC[C@@H]2C3)sc(C)c1CC. The number of rotatable bonds is 8. The van der Waals surface area contributed by atoms with E-state index >= 15 is 0 Å². The van der Waals surface area contributed by atoms with Crippen molar-refractivity contribution in [1.82, 2.24) is 0 Å². The Labute approximate surface area is 170 Å². The van der Waals surface area contributed by atoms with Gasteiger partial charge in [0, 0.05) is 11.3 Å². The Bertz CT molecular complexity index is 756. The second-order valence-corrected chi connectivity index (χ2v) is 8.99. The first kappa shape index (κ1) is 20.8. The number of nitrogens with one attached hydrogen (secondary N) is 1. The van der Waals surface area contributed by atoms with Gasteiger partial charge in [0.2, 0.25) is 0 Å². The number of fused-ring (bicyclic) bond motifs is 2. The summed E-state index contributed by atoms with van der Waals surface area (Å²) in [5.74, 6) is 0.664. The van der Waals surface area contributed by atoms with Gasteiger partial charge >= 0.3 is 11.9 Å². The zero-order valence-corrected chi connectivity index (χ0v) is 17.7. The molecule has 2 fully saturated rings. The maximum atomic E-state index is 12.3. The standard InChI is InChI=1S/C21H29NO5S/c1-4-16-12(3)28-20(19(16)21(25)26-5-2)22-17(23)11-27-18(24)10-15-9-13-6-7-14(15)8-13/h13-15H,4-11H2,1-3H3,(H,22,23)/t13-,14+,15+/m0/s1. The molecule has 0 aromatic carbocycles. The van der Waals surface area contributed by atoms with E-state index in [1.54, 1.807) is 6.92 Å². The van der Waals surface area contributed by atoms with E-state index in [2.05, 4.69) is 5.32 Å². The fourth-order valence-corrected chi connectivity index (χ4v) is 5.87. The molecule has 1 aromatic rings. The smallest absolute Gasteiger partial charge is 0.341 e. The number of aryl methyl sites for hydroxylation is 1. The highest BCUT2D eigenvalue weighted by Gasteiger charge is 2.40. The molecule has 0 aliphatic heterocycles. The number of hydrogen-bond donors (Lipinski definition) is 1. The van der Waals surface area contributed by atoms with Crippen molar-refractivity contribution in [2.45, 2.75) is 59.3 Å². The Morgan fingerprint density at radius 2 is 1.93 bits per heavy atom. The Morgan fingerprint density at radius 1 is 1.14 bits per heavy atom. The Hall–Kier alpha value is -1.89. The summed E-state index contributed by atoms with van der Waals surface area (Å²) in [4.78, 5) is 37.7. The number of hydrogen-bond acceptors (Lipinski definition) is 6. The molecule has 6 nitrogen and oxygen atoms in total. The molecule has 1 N–H and O–H groups in total. The van der Waals surface area contributed by atoms with Crippen LogP contribution >= 0.6 is 11.3 Å². The molecule has 1 aromatic heterocycles. The minimum absolute atomic E-state index is 0.269. The van der Waals surface area contributed by atoms with Crippen LogP contribution in [0.1, 0.15) is 66.8 Å². The summed E-state index contributed by atoms with van der Waals surface area (Å²) in [5, 5.41) is 3.18. The molecule has 7 heteroatoms. The van der Waals surface area contributed by atoms with Crippen LogP contribution in [0.2, 0.25) is 0 Å².